The lowest BCUT2D eigenvalue weighted by atomic mass is 9.98. The van der Waals surface area contributed by atoms with Crippen LogP contribution in [0.1, 0.15) is 23.6 Å². The molecule has 1 aliphatic rings. The van der Waals surface area contributed by atoms with Crippen LogP contribution in [0, 0.1) is 5.82 Å². The van der Waals surface area contributed by atoms with E-state index in [0.717, 1.165) is 28.9 Å². The number of para-hydroxylation sites is 1. The average molecular weight is 351 g/mol. The molecule has 0 radical (unpaired) electrons. The molecule has 124 valence electrons. The average Bonchev–Trinajstić information content (AvgIpc) is 3.09. The highest BCUT2D eigenvalue weighted by Crippen LogP contribution is 2.36. The molecule has 0 spiro atoms. The summed E-state index contributed by atoms with van der Waals surface area (Å²) in [5.41, 5.74) is 4.10. The van der Waals surface area contributed by atoms with Gasteiger partial charge < -0.3 is 0 Å². The summed E-state index contributed by atoms with van der Waals surface area (Å²) < 4.78 is 13.3. The zero-order valence-corrected chi connectivity index (χ0v) is 14.2. The normalized spacial score (nSPS) is 16.8. The molecule has 0 unspecified atom stereocenters. The van der Waals surface area contributed by atoms with Crippen molar-refractivity contribution in [2.45, 2.75) is 12.5 Å². The molecule has 0 bridgehead atoms. The number of hydrazone groups is 1. The van der Waals surface area contributed by atoms with Crippen molar-refractivity contribution in [3.63, 3.8) is 0 Å². The van der Waals surface area contributed by atoms with Crippen LogP contribution in [0.4, 0.5) is 10.1 Å². The summed E-state index contributed by atoms with van der Waals surface area (Å²) >= 11 is 6.00. The molecular weight excluding hydrogens is 335 g/mol. The molecule has 0 fully saturated rings. The maximum atomic E-state index is 13.3. The first-order valence-corrected chi connectivity index (χ1v) is 8.52. The van der Waals surface area contributed by atoms with Gasteiger partial charge in [-0.05, 0) is 47.5 Å². The maximum absolute atomic E-state index is 13.3. The first-order chi connectivity index (χ1) is 12.2. The van der Waals surface area contributed by atoms with Crippen LogP contribution in [0.25, 0.3) is 0 Å². The van der Waals surface area contributed by atoms with Crippen molar-refractivity contribution < 1.29 is 4.39 Å². The number of anilines is 1. The summed E-state index contributed by atoms with van der Waals surface area (Å²) in [4.78, 5) is 0. The Labute approximate surface area is 151 Å². The van der Waals surface area contributed by atoms with Crippen LogP contribution in [-0.4, -0.2) is 5.71 Å². The molecule has 4 rings (SSSR count). The van der Waals surface area contributed by atoms with E-state index in [1.54, 1.807) is 0 Å². The SMILES string of the molecule is Fc1ccc([C@@H]2CC(c3ccc(Cl)cc3)=NN2c2ccccc2)cc1. The van der Waals surface area contributed by atoms with Crippen LogP contribution in [-0.2, 0) is 0 Å². The maximum Gasteiger partial charge on any atom is 0.123 e. The van der Waals surface area contributed by atoms with Crippen molar-refractivity contribution >= 4 is 23.0 Å². The van der Waals surface area contributed by atoms with E-state index in [1.807, 2.05) is 71.7 Å². The highest BCUT2D eigenvalue weighted by molar-refractivity contribution is 6.30. The van der Waals surface area contributed by atoms with Gasteiger partial charge in [-0.15, -0.1) is 0 Å². The lowest BCUT2D eigenvalue weighted by molar-refractivity contribution is 0.624. The fourth-order valence-corrected chi connectivity index (χ4v) is 3.22. The first kappa shape index (κ1) is 15.9. The van der Waals surface area contributed by atoms with Crippen LogP contribution >= 0.6 is 11.6 Å². The minimum Gasteiger partial charge on any atom is -0.257 e. The van der Waals surface area contributed by atoms with E-state index in [1.165, 1.54) is 12.1 Å². The Balaban J connectivity index is 1.73. The largest absolute Gasteiger partial charge is 0.257 e. The number of rotatable bonds is 3. The zero-order valence-electron chi connectivity index (χ0n) is 13.4. The van der Waals surface area contributed by atoms with Crippen LogP contribution < -0.4 is 5.01 Å². The van der Waals surface area contributed by atoms with Crippen LogP contribution in [0.5, 0.6) is 0 Å². The van der Waals surface area contributed by atoms with Crippen LogP contribution in [0.2, 0.25) is 5.02 Å². The van der Waals surface area contributed by atoms with Gasteiger partial charge in [0.25, 0.3) is 0 Å². The number of halogens is 2. The third kappa shape index (κ3) is 3.28. The van der Waals surface area contributed by atoms with E-state index < -0.39 is 0 Å². The minimum atomic E-state index is -0.230. The summed E-state index contributed by atoms with van der Waals surface area (Å²) in [6.45, 7) is 0. The molecule has 0 amide bonds. The summed E-state index contributed by atoms with van der Waals surface area (Å²) in [7, 11) is 0. The van der Waals surface area contributed by atoms with Crippen molar-refractivity contribution in [1.29, 1.82) is 0 Å². The van der Waals surface area contributed by atoms with E-state index >= 15 is 0 Å². The van der Waals surface area contributed by atoms with Gasteiger partial charge in [-0.25, -0.2) is 4.39 Å². The van der Waals surface area contributed by atoms with Gasteiger partial charge in [-0.3, -0.25) is 5.01 Å². The number of hydrogen-bond acceptors (Lipinski definition) is 2. The molecule has 3 aromatic carbocycles. The standard InChI is InChI=1S/C21H16ClFN2/c22-17-10-6-15(7-11-17)20-14-21(16-8-12-18(23)13-9-16)25(24-20)19-4-2-1-3-5-19/h1-13,21H,14H2/t21-/m0/s1. The fourth-order valence-electron chi connectivity index (χ4n) is 3.09. The topological polar surface area (TPSA) is 15.6 Å². The highest BCUT2D eigenvalue weighted by Gasteiger charge is 2.29. The predicted octanol–water partition coefficient (Wildman–Crippen LogP) is 5.83. The fraction of sp³-hybridized carbons (Fsp3) is 0.0952. The Morgan fingerprint density at radius 1 is 0.880 bits per heavy atom. The van der Waals surface area contributed by atoms with Crippen LogP contribution in [0.3, 0.4) is 0 Å². The third-order valence-corrected chi connectivity index (χ3v) is 4.62. The second kappa shape index (κ2) is 6.69. The van der Waals surface area contributed by atoms with E-state index in [4.69, 9.17) is 16.7 Å². The Morgan fingerprint density at radius 3 is 2.24 bits per heavy atom. The van der Waals surface area contributed by atoms with Gasteiger partial charge >= 0.3 is 0 Å². The second-order valence-corrected chi connectivity index (χ2v) is 6.44. The van der Waals surface area contributed by atoms with Gasteiger partial charge in [0.05, 0.1) is 17.4 Å². The molecule has 1 heterocycles. The quantitative estimate of drug-likeness (QED) is 0.579. The number of nitrogens with zero attached hydrogens (tertiary/aromatic N) is 2. The van der Waals surface area contributed by atoms with E-state index in [2.05, 4.69) is 0 Å². The molecule has 25 heavy (non-hydrogen) atoms. The summed E-state index contributed by atoms with van der Waals surface area (Å²) in [5, 5.41) is 7.57. The monoisotopic (exact) mass is 350 g/mol. The summed E-state index contributed by atoms with van der Waals surface area (Å²) in [6.07, 6.45) is 0.752. The van der Waals surface area contributed by atoms with Gasteiger partial charge in [0.15, 0.2) is 0 Å². The van der Waals surface area contributed by atoms with Crippen molar-refractivity contribution in [3.05, 3.63) is 101 Å². The zero-order chi connectivity index (χ0) is 17.2. The van der Waals surface area contributed by atoms with Crippen molar-refractivity contribution in [2.75, 3.05) is 5.01 Å². The summed E-state index contributed by atoms with van der Waals surface area (Å²) in [5.74, 6) is -0.230. The van der Waals surface area contributed by atoms with Gasteiger partial charge in [-0.2, -0.15) is 5.10 Å². The van der Waals surface area contributed by atoms with Gasteiger partial charge in [0.1, 0.15) is 5.82 Å². The van der Waals surface area contributed by atoms with E-state index in [-0.39, 0.29) is 11.9 Å². The molecule has 0 saturated heterocycles. The number of hydrogen-bond donors (Lipinski definition) is 0. The van der Waals surface area contributed by atoms with Gasteiger partial charge in [-0.1, -0.05) is 54.1 Å². The second-order valence-electron chi connectivity index (χ2n) is 6.01. The molecule has 0 N–H and O–H groups in total. The van der Waals surface area contributed by atoms with E-state index in [0.29, 0.717) is 5.02 Å². The molecule has 0 saturated carbocycles. The lowest BCUT2D eigenvalue weighted by Crippen LogP contribution is -2.18. The highest BCUT2D eigenvalue weighted by atomic mass is 35.5. The molecule has 0 aromatic heterocycles. The van der Waals surface area contributed by atoms with Crippen molar-refractivity contribution in [1.82, 2.24) is 0 Å². The Hall–Kier alpha value is -2.65. The lowest BCUT2D eigenvalue weighted by Gasteiger charge is -2.23. The molecule has 4 heteroatoms. The first-order valence-electron chi connectivity index (χ1n) is 8.14. The Bertz CT molecular complexity index is 889. The molecule has 3 aromatic rings. The third-order valence-electron chi connectivity index (χ3n) is 4.36. The Morgan fingerprint density at radius 2 is 1.56 bits per heavy atom. The Kier molecular flexibility index (Phi) is 4.24. The van der Waals surface area contributed by atoms with Crippen LogP contribution in [0.15, 0.2) is 84.0 Å². The molecule has 2 nitrogen and oxygen atoms in total. The summed E-state index contributed by atoms with van der Waals surface area (Å²) in [6, 6.07) is 24.4. The number of benzene rings is 3. The predicted molar refractivity (Wildman–Crippen MR) is 101 cm³/mol. The minimum absolute atomic E-state index is 0.0358. The smallest absolute Gasteiger partial charge is 0.123 e. The molecular formula is C21H16ClFN2. The van der Waals surface area contributed by atoms with Gasteiger partial charge in [0, 0.05) is 11.4 Å². The van der Waals surface area contributed by atoms with E-state index in [9.17, 15) is 4.39 Å². The molecule has 0 aliphatic carbocycles. The van der Waals surface area contributed by atoms with Gasteiger partial charge in [0.2, 0.25) is 0 Å². The van der Waals surface area contributed by atoms with Crippen molar-refractivity contribution in [2.24, 2.45) is 5.10 Å². The molecule has 1 aliphatic heterocycles. The molecule has 1 atom stereocenters. The van der Waals surface area contributed by atoms with Crippen molar-refractivity contribution in [3.8, 4) is 0 Å².